The van der Waals surface area contributed by atoms with Crippen molar-refractivity contribution in [1.29, 1.82) is 0 Å². The second-order valence-electron chi connectivity index (χ2n) is 3.58. The molecule has 0 saturated heterocycles. The molecule has 0 fully saturated rings. The first-order valence-electron chi connectivity index (χ1n) is 4.77. The summed E-state index contributed by atoms with van der Waals surface area (Å²) in [5.74, 6) is 0. The topological polar surface area (TPSA) is 38.9 Å². The van der Waals surface area contributed by atoms with Gasteiger partial charge in [0, 0.05) is 10.9 Å². The van der Waals surface area contributed by atoms with Crippen LogP contribution in [0.5, 0.6) is 0 Å². The van der Waals surface area contributed by atoms with Crippen molar-refractivity contribution in [3.05, 3.63) is 41.0 Å². The van der Waals surface area contributed by atoms with Crippen molar-refractivity contribution in [2.45, 2.75) is 12.2 Å². The predicted molar refractivity (Wildman–Crippen MR) is 59.7 cm³/mol. The zero-order chi connectivity index (χ0) is 12.6. The fourth-order valence-electron chi connectivity index (χ4n) is 1.50. The van der Waals surface area contributed by atoms with Gasteiger partial charge in [0.05, 0.1) is 5.52 Å². The number of fused-ring (bicyclic) bond motifs is 1. The Bertz CT molecular complexity index is 554. The van der Waals surface area contributed by atoms with E-state index in [-0.39, 0.29) is 10.7 Å². The molecule has 2 aromatic rings. The number of hydrogen-bond acceptors (Lipinski definition) is 2. The average Bonchev–Trinajstić information content (AvgIpc) is 2.26. The Morgan fingerprint density at radius 2 is 1.88 bits per heavy atom. The van der Waals surface area contributed by atoms with Crippen LogP contribution in [0.25, 0.3) is 10.9 Å². The fraction of sp³-hybridized carbons (Fsp3) is 0.182. The summed E-state index contributed by atoms with van der Waals surface area (Å²) in [5, 5.41) is 0.361. The number of halogens is 4. The molecule has 2 rings (SSSR count). The van der Waals surface area contributed by atoms with Gasteiger partial charge in [0.2, 0.25) is 0 Å². The van der Waals surface area contributed by atoms with Crippen LogP contribution in [0.3, 0.4) is 0 Å². The first kappa shape index (κ1) is 12.1. The number of para-hydroxylation sites is 1. The molecule has 0 aliphatic rings. The van der Waals surface area contributed by atoms with Gasteiger partial charge in [-0.05, 0) is 12.1 Å². The number of rotatable bonds is 1. The highest BCUT2D eigenvalue weighted by atomic mass is 35.5. The Kier molecular flexibility index (Phi) is 2.97. The van der Waals surface area contributed by atoms with Crippen LogP contribution < -0.4 is 5.73 Å². The van der Waals surface area contributed by atoms with Gasteiger partial charge in [-0.15, -0.1) is 0 Å². The lowest BCUT2D eigenvalue weighted by Crippen LogP contribution is -2.28. The van der Waals surface area contributed by atoms with Gasteiger partial charge in [-0.25, -0.2) is 4.98 Å². The van der Waals surface area contributed by atoms with E-state index in [1.165, 1.54) is 6.07 Å². The highest BCUT2D eigenvalue weighted by Gasteiger charge is 2.39. The first-order valence-corrected chi connectivity index (χ1v) is 5.15. The summed E-state index contributed by atoms with van der Waals surface area (Å²) >= 11 is 5.71. The number of hydrogen-bond donors (Lipinski definition) is 1. The van der Waals surface area contributed by atoms with E-state index in [1.54, 1.807) is 24.3 Å². The molecule has 1 heterocycles. The van der Waals surface area contributed by atoms with Crippen LogP contribution in [-0.4, -0.2) is 11.2 Å². The quantitative estimate of drug-likeness (QED) is 0.798. The molecule has 2 nitrogen and oxygen atoms in total. The number of pyridine rings is 1. The number of alkyl halides is 3. The largest absolute Gasteiger partial charge is 0.407 e. The maximum Gasteiger partial charge on any atom is 0.407 e. The molecule has 6 heteroatoms. The van der Waals surface area contributed by atoms with E-state index >= 15 is 0 Å². The minimum Gasteiger partial charge on any atom is -0.316 e. The molecule has 0 bridgehead atoms. The summed E-state index contributed by atoms with van der Waals surface area (Å²) < 4.78 is 37.5. The molecule has 0 unspecified atom stereocenters. The van der Waals surface area contributed by atoms with Crippen LogP contribution >= 0.6 is 11.6 Å². The molecule has 0 amide bonds. The van der Waals surface area contributed by atoms with Crippen molar-refractivity contribution in [1.82, 2.24) is 4.98 Å². The Morgan fingerprint density at radius 3 is 2.53 bits per heavy atom. The highest BCUT2D eigenvalue weighted by Crippen LogP contribution is 2.34. The second-order valence-corrected chi connectivity index (χ2v) is 3.94. The standard InChI is InChI=1S/C11H8ClF3N2/c12-10-7(9(16)11(13,14)15)5-6-3-1-2-4-8(6)17-10/h1-5,9H,16H2/t9-/m0/s1. The molecule has 0 aliphatic heterocycles. The molecule has 1 atom stereocenters. The fourth-order valence-corrected chi connectivity index (χ4v) is 1.77. The minimum absolute atomic E-state index is 0.210. The van der Waals surface area contributed by atoms with Crippen molar-refractivity contribution in [3.8, 4) is 0 Å². The molecule has 0 radical (unpaired) electrons. The summed E-state index contributed by atoms with van der Waals surface area (Å²) in [5.41, 5.74) is 5.44. The summed E-state index contributed by atoms with van der Waals surface area (Å²) in [7, 11) is 0. The van der Waals surface area contributed by atoms with Crippen LogP contribution in [0.1, 0.15) is 11.6 Å². The number of nitrogens with zero attached hydrogens (tertiary/aromatic N) is 1. The summed E-state index contributed by atoms with van der Waals surface area (Å²) in [6.45, 7) is 0. The van der Waals surface area contributed by atoms with Crippen LogP contribution in [0.2, 0.25) is 5.15 Å². The third-order valence-electron chi connectivity index (χ3n) is 2.39. The van der Waals surface area contributed by atoms with E-state index in [9.17, 15) is 13.2 Å². The van der Waals surface area contributed by atoms with Gasteiger partial charge in [-0.1, -0.05) is 29.8 Å². The molecular weight excluding hydrogens is 253 g/mol. The van der Waals surface area contributed by atoms with Gasteiger partial charge < -0.3 is 5.73 Å². The lowest BCUT2D eigenvalue weighted by atomic mass is 10.1. The summed E-state index contributed by atoms with van der Waals surface area (Å²) in [4.78, 5) is 3.90. The van der Waals surface area contributed by atoms with Gasteiger partial charge in [0.25, 0.3) is 0 Å². The second kappa shape index (κ2) is 4.16. The zero-order valence-corrected chi connectivity index (χ0v) is 9.26. The smallest absolute Gasteiger partial charge is 0.316 e. The Hall–Kier alpha value is -1.33. The van der Waals surface area contributed by atoms with Crippen LogP contribution in [-0.2, 0) is 0 Å². The van der Waals surface area contributed by atoms with E-state index in [2.05, 4.69) is 4.98 Å². The van der Waals surface area contributed by atoms with Crippen LogP contribution in [0.4, 0.5) is 13.2 Å². The highest BCUT2D eigenvalue weighted by molar-refractivity contribution is 6.30. The SMILES string of the molecule is N[C@@H](c1cc2ccccc2nc1Cl)C(F)(F)F. The van der Waals surface area contributed by atoms with Gasteiger partial charge in [0.15, 0.2) is 0 Å². The van der Waals surface area contributed by atoms with Crippen molar-refractivity contribution in [2.75, 3.05) is 0 Å². The van der Waals surface area contributed by atoms with E-state index in [0.29, 0.717) is 10.9 Å². The number of aromatic nitrogens is 1. The first-order chi connectivity index (χ1) is 7.89. The Balaban J connectivity index is 2.58. The lowest BCUT2D eigenvalue weighted by Gasteiger charge is -2.17. The van der Waals surface area contributed by atoms with E-state index in [0.717, 1.165) is 0 Å². The molecule has 2 N–H and O–H groups in total. The molecule has 0 saturated carbocycles. The molecule has 0 spiro atoms. The lowest BCUT2D eigenvalue weighted by molar-refractivity contribution is -0.149. The zero-order valence-electron chi connectivity index (χ0n) is 8.50. The maximum absolute atomic E-state index is 12.5. The minimum atomic E-state index is -4.53. The monoisotopic (exact) mass is 260 g/mol. The molecule has 1 aromatic carbocycles. The molecule has 1 aromatic heterocycles. The third-order valence-corrected chi connectivity index (χ3v) is 2.70. The summed E-state index contributed by atoms with van der Waals surface area (Å²) in [6.07, 6.45) is -4.53. The van der Waals surface area contributed by atoms with Crippen LogP contribution in [0.15, 0.2) is 30.3 Å². The molecule has 17 heavy (non-hydrogen) atoms. The van der Waals surface area contributed by atoms with Gasteiger partial charge in [-0.2, -0.15) is 13.2 Å². The van der Waals surface area contributed by atoms with Gasteiger partial charge in [-0.3, -0.25) is 0 Å². The third kappa shape index (κ3) is 2.35. The Labute approximate surface area is 100 Å². The molecular formula is C11H8ClF3N2. The van der Waals surface area contributed by atoms with E-state index < -0.39 is 12.2 Å². The number of nitrogens with two attached hydrogens (primary N) is 1. The Morgan fingerprint density at radius 1 is 1.24 bits per heavy atom. The van der Waals surface area contributed by atoms with Gasteiger partial charge in [0.1, 0.15) is 11.2 Å². The van der Waals surface area contributed by atoms with Crippen molar-refractivity contribution < 1.29 is 13.2 Å². The van der Waals surface area contributed by atoms with Gasteiger partial charge >= 0.3 is 6.18 Å². The van der Waals surface area contributed by atoms with E-state index in [1.807, 2.05) is 0 Å². The number of benzene rings is 1. The van der Waals surface area contributed by atoms with Crippen LogP contribution in [0, 0.1) is 0 Å². The normalized spacial score (nSPS) is 13.9. The molecule has 0 aliphatic carbocycles. The molecule has 90 valence electrons. The van der Waals surface area contributed by atoms with E-state index in [4.69, 9.17) is 17.3 Å². The predicted octanol–water partition coefficient (Wildman–Crippen LogP) is 3.45. The van der Waals surface area contributed by atoms with Crippen molar-refractivity contribution in [2.24, 2.45) is 5.73 Å². The summed E-state index contributed by atoms with van der Waals surface area (Å²) in [6, 6.07) is 5.97. The van der Waals surface area contributed by atoms with Crippen molar-refractivity contribution in [3.63, 3.8) is 0 Å². The van der Waals surface area contributed by atoms with Crippen molar-refractivity contribution >= 4 is 22.5 Å². The maximum atomic E-state index is 12.5. The average molecular weight is 261 g/mol.